The summed E-state index contributed by atoms with van der Waals surface area (Å²) in [5.41, 5.74) is 0.827. The van der Waals surface area contributed by atoms with Crippen LogP contribution in [0.1, 0.15) is 6.92 Å². The molecule has 0 spiro atoms. The highest BCUT2D eigenvalue weighted by atomic mass is 79.9. The minimum absolute atomic E-state index is 0.0575. The van der Waals surface area contributed by atoms with Crippen molar-refractivity contribution in [1.29, 1.82) is 0 Å². The van der Waals surface area contributed by atoms with Crippen LogP contribution in [0.2, 0.25) is 10.0 Å². The summed E-state index contributed by atoms with van der Waals surface area (Å²) in [6.45, 7) is 2.53. The van der Waals surface area contributed by atoms with Gasteiger partial charge in [0.1, 0.15) is 5.82 Å². The van der Waals surface area contributed by atoms with Crippen molar-refractivity contribution in [2.24, 2.45) is 0 Å². The van der Waals surface area contributed by atoms with E-state index in [9.17, 15) is 9.18 Å². The number of aromatic nitrogens is 3. The number of thioether (sulfide) groups is 1. The number of carbonyl (C=O) groups is 1. The number of anilines is 1. The Bertz CT molecular complexity index is 1030. The Morgan fingerprint density at radius 1 is 1.25 bits per heavy atom. The third-order valence-corrected chi connectivity index (χ3v) is 5.75. The van der Waals surface area contributed by atoms with E-state index in [1.807, 2.05) is 11.5 Å². The van der Waals surface area contributed by atoms with E-state index >= 15 is 0 Å². The third-order valence-electron chi connectivity index (χ3n) is 3.74. The van der Waals surface area contributed by atoms with E-state index in [0.29, 0.717) is 37.6 Å². The molecule has 0 aliphatic rings. The highest BCUT2D eigenvalue weighted by Gasteiger charge is 2.17. The van der Waals surface area contributed by atoms with Crippen molar-refractivity contribution in [2.45, 2.75) is 18.6 Å². The van der Waals surface area contributed by atoms with Gasteiger partial charge in [-0.05, 0) is 43.3 Å². The molecule has 2 aromatic carbocycles. The molecule has 0 unspecified atom stereocenters. The fourth-order valence-electron chi connectivity index (χ4n) is 2.46. The van der Waals surface area contributed by atoms with Crippen molar-refractivity contribution in [3.05, 3.63) is 56.7 Å². The van der Waals surface area contributed by atoms with E-state index in [-0.39, 0.29) is 17.3 Å². The molecule has 0 saturated carbocycles. The highest BCUT2D eigenvalue weighted by Crippen LogP contribution is 2.31. The Morgan fingerprint density at radius 2 is 2.04 bits per heavy atom. The molecule has 3 aromatic rings. The zero-order valence-corrected chi connectivity index (χ0v) is 18.5. The zero-order chi connectivity index (χ0) is 20.3. The van der Waals surface area contributed by atoms with Gasteiger partial charge in [-0.15, -0.1) is 10.2 Å². The van der Waals surface area contributed by atoms with Crippen molar-refractivity contribution >= 4 is 62.5 Å². The molecule has 0 bridgehead atoms. The molecule has 0 saturated heterocycles. The maximum absolute atomic E-state index is 13.9. The highest BCUT2D eigenvalue weighted by molar-refractivity contribution is 9.10. The maximum atomic E-state index is 13.9. The van der Waals surface area contributed by atoms with E-state index in [1.54, 1.807) is 24.3 Å². The van der Waals surface area contributed by atoms with Crippen LogP contribution < -0.4 is 5.32 Å². The fraction of sp³-hybridized carbons (Fsp3) is 0.167. The Kier molecular flexibility index (Phi) is 6.98. The molecule has 0 aliphatic heterocycles. The molecule has 1 heterocycles. The summed E-state index contributed by atoms with van der Waals surface area (Å²) in [4.78, 5) is 12.2. The second-order valence-corrected chi connectivity index (χ2v) is 8.34. The first-order chi connectivity index (χ1) is 13.4. The van der Waals surface area contributed by atoms with Crippen LogP contribution >= 0.6 is 50.9 Å². The van der Waals surface area contributed by atoms with Crippen molar-refractivity contribution < 1.29 is 9.18 Å². The molecule has 1 aromatic heterocycles. The molecule has 1 amide bonds. The van der Waals surface area contributed by atoms with Crippen LogP contribution in [0.5, 0.6) is 0 Å². The summed E-state index contributed by atoms with van der Waals surface area (Å²) < 4.78 is 16.3. The number of rotatable bonds is 6. The van der Waals surface area contributed by atoms with Crippen molar-refractivity contribution in [3.63, 3.8) is 0 Å². The van der Waals surface area contributed by atoms with E-state index < -0.39 is 5.82 Å². The summed E-state index contributed by atoms with van der Waals surface area (Å²) in [5, 5.41) is 12.5. The fourth-order valence-corrected chi connectivity index (χ4v) is 4.09. The molecular weight excluding hydrogens is 490 g/mol. The summed E-state index contributed by atoms with van der Waals surface area (Å²) in [6, 6.07) is 9.58. The van der Waals surface area contributed by atoms with Gasteiger partial charge in [0.05, 0.1) is 16.5 Å². The van der Waals surface area contributed by atoms with E-state index in [4.69, 9.17) is 23.2 Å². The van der Waals surface area contributed by atoms with Gasteiger partial charge in [-0.2, -0.15) is 0 Å². The molecule has 5 nitrogen and oxygen atoms in total. The first kappa shape index (κ1) is 21.1. The molecule has 0 aliphatic carbocycles. The van der Waals surface area contributed by atoms with E-state index in [1.165, 1.54) is 23.9 Å². The van der Waals surface area contributed by atoms with Gasteiger partial charge in [0.2, 0.25) is 5.91 Å². The number of halogens is 4. The SMILES string of the molecule is CCn1c(SCC(=O)Nc2ccc(Br)cc2F)nnc1-c1ccc(Cl)cc1Cl. The largest absolute Gasteiger partial charge is 0.323 e. The minimum Gasteiger partial charge on any atom is -0.323 e. The predicted octanol–water partition coefficient (Wildman–Crippen LogP) is 5.90. The summed E-state index contributed by atoms with van der Waals surface area (Å²) in [6.07, 6.45) is 0. The lowest BCUT2D eigenvalue weighted by Crippen LogP contribution is -2.15. The van der Waals surface area contributed by atoms with Crippen molar-refractivity contribution in [2.75, 3.05) is 11.1 Å². The van der Waals surface area contributed by atoms with Crippen molar-refractivity contribution in [1.82, 2.24) is 14.8 Å². The zero-order valence-electron chi connectivity index (χ0n) is 14.5. The first-order valence-electron chi connectivity index (χ1n) is 8.15. The second kappa shape index (κ2) is 9.26. The van der Waals surface area contributed by atoms with Gasteiger partial charge >= 0.3 is 0 Å². The quantitative estimate of drug-likeness (QED) is 0.425. The number of hydrogen-bond acceptors (Lipinski definition) is 4. The minimum atomic E-state index is -0.510. The molecule has 28 heavy (non-hydrogen) atoms. The van der Waals surface area contributed by atoms with Gasteiger partial charge in [-0.1, -0.05) is 50.9 Å². The van der Waals surface area contributed by atoms with Crippen molar-refractivity contribution in [3.8, 4) is 11.4 Å². The predicted molar refractivity (Wildman–Crippen MR) is 115 cm³/mol. The van der Waals surface area contributed by atoms with Crippen LogP contribution in [0.3, 0.4) is 0 Å². The molecule has 1 N–H and O–H groups in total. The molecule has 146 valence electrons. The summed E-state index contributed by atoms with van der Waals surface area (Å²) in [5.74, 6) is -0.208. The monoisotopic (exact) mass is 502 g/mol. The number of nitrogens with zero attached hydrogens (tertiary/aromatic N) is 3. The van der Waals surface area contributed by atoms with Gasteiger partial charge in [0, 0.05) is 21.6 Å². The first-order valence-corrected chi connectivity index (χ1v) is 10.7. The molecular formula is C18H14BrCl2FN4OS. The van der Waals surface area contributed by atoms with Crippen LogP contribution in [-0.2, 0) is 11.3 Å². The number of hydrogen-bond donors (Lipinski definition) is 1. The van der Waals surface area contributed by atoms with E-state index in [0.717, 1.165) is 0 Å². The van der Waals surface area contributed by atoms with E-state index in [2.05, 4.69) is 31.4 Å². The van der Waals surface area contributed by atoms with Gasteiger partial charge in [-0.25, -0.2) is 4.39 Å². The lowest BCUT2D eigenvalue weighted by molar-refractivity contribution is -0.113. The standard InChI is InChI=1S/C18H14BrCl2FN4OS/c1-2-26-17(12-5-4-11(20)8-13(12)21)24-25-18(26)28-9-16(27)23-15-6-3-10(19)7-14(15)22/h3-8H,2,9H2,1H3,(H,23,27). The Labute approximate surface area is 183 Å². The third kappa shape index (κ3) is 4.86. The van der Waals surface area contributed by atoms with Gasteiger partial charge in [0.15, 0.2) is 11.0 Å². The summed E-state index contributed by atoms with van der Waals surface area (Å²) in [7, 11) is 0. The average molecular weight is 504 g/mol. The summed E-state index contributed by atoms with van der Waals surface area (Å²) >= 11 is 16.6. The van der Waals surface area contributed by atoms with Gasteiger partial charge in [-0.3, -0.25) is 4.79 Å². The number of carbonyl (C=O) groups excluding carboxylic acids is 1. The lowest BCUT2D eigenvalue weighted by atomic mass is 10.2. The van der Waals surface area contributed by atoms with Gasteiger partial charge < -0.3 is 9.88 Å². The Morgan fingerprint density at radius 3 is 2.71 bits per heavy atom. The Balaban J connectivity index is 1.72. The lowest BCUT2D eigenvalue weighted by Gasteiger charge is -2.09. The van der Waals surface area contributed by atoms with Gasteiger partial charge in [0.25, 0.3) is 0 Å². The van der Waals surface area contributed by atoms with Crippen LogP contribution in [0.4, 0.5) is 10.1 Å². The molecule has 0 atom stereocenters. The molecule has 0 fully saturated rings. The Hall–Kier alpha value is -1.61. The smallest absolute Gasteiger partial charge is 0.234 e. The second-order valence-electron chi connectivity index (χ2n) is 5.64. The number of benzene rings is 2. The normalized spacial score (nSPS) is 10.9. The van der Waals surface area contributed by atoms with Crippen LogP contribution in [0.25, 0.3) is 11.4 Å². The molecule has 3 rings (SSSR count). The van der Waals surface area contributed by atoms with Crippen LogP contribution in [0.15, 0.2) is 46.0 Å². The molecule has 10 heteroatoms. The van der Waals surface area contributed by atoms with Crippen LogP contribution in [-0.4, -0.2) is 26.4 Å². The maximum Gasteiger partial charge on any atom is 0.234 e. The number of amides is 1. The topological polar surface area (TPSA) is 59.8 Å². The number of nitrogens with one attached hydrogen (secondary N) is 1. The average Bonchev–Trinajstić information content (AvgIpc) is 3.05. The molecule has 0 radical (unpaired) electrons. The van der Waals surface area contributed by atoms with Crippen LogP contribution in [0, 0.1) is 5.82 Å².